The third kappa shape index (κ3) is 2.59. The number of aryl methyl sites for hydroxylation is 2. The molecule has 0 aliphatic carbocycles. The van der Waals surface area contributed by atoms with Gasteiger partial charge in [0.1, 0.15) is 11.6 Å². The van der Waals surface area contributed by atoms with E-state index in [1.54, 1.807) is 19.4 Å². The molecule has 2 aromatic rings. The van der Waals surface area contributed by atoms with E-state index in [0.29, 0.717) is 11.7 Å². The van der Waals surface area contributed by atoms with Gasteiger partial charge in [-0.3, -0.25) is 4.98 Å². The van der Waals surface area contributed by atoms with E-state index in [0.717, 1.165) is 11.3 Å². The molecule has 18 heavy (non-hydrogen) atoms. The van der Waals surface area contributed by atoms with Crippen LogP contribution in [0.1, 0.15) is 16.7 Å². The summed E-state index contributed by atoms with van der Waals surface area (Å²) in [5.41, 5.74) is 3.51. The minimum atomic E-state index is 0.495. The number of rotatable bonds is 3. The monoisotopic (exact) mass is 243 g/mol. The van der Waals surface area contributed by atoms with Gasteiger partial charge in [0, 0.05) is 7.05 Å². The second kappa shape index (κ2) is 5.04. The van der Waals surface area contributed by atoms with Gasteiger partial charge < -0.3 is 10.1 Å². The summed E-state index contributed by atoms with van der Waals surface area (Å²) in [4.78, 5) is 8.37. The van der Waals surface area contributed by atoms with Crippen molar-refractivity contribution in [3.63, 3.8) is 0 Å². The molecule has 0 aliphatic rings. The van der Waals surface area contributed by atoms with Gasteiger partial charge in [0.2, 0.25) is 5.88 Å². The Kier molecular flexibility index (Phi) is 3.46. The Hall–Kier alpha value is -2.10. The third-order valence-electron chi connectivity index (χ3n) is 2.85. The highest BCUT2D eigenvalue weighted by molar-refractivity contribution is 5.44. The molecule has 0 unspecified atom stereocenters. The summed E-state index contributed by atoms with van der Waals surface area (Å²) >= 11 is 0. The van der Waals surface area contributed by atoms with Crippen LogP contribution in [0.15, 0.2) is 24.5 Å². The van der Waals surface area contributed by atoms with Crippen molar-refractivity contribution in [1.82, 2.24) is 9.97 Å². The topological polar surface area (TPSA) is 47.0 Å². The van der Waals surface area contributed by atoms with Crippen molar-refractivity contribution < 1.29 is 4.74 Å². The molecule has 0 radical (unpaired) electrons. The lowest BCUT2D eigenvalue weighted by Crippen LogP contribution is -1.97. The van der Waals surface area contributed by atoms with Crippen molar-refractivity contribution in [3.8, 4) is 11.6 Å². The predicted molar refractivity (Wildman–Crippen MR) is 72.3 cm³/mol. The molecule has 1 aromatic heterocycles. The zero-order chi connectivity index (χ0) is 13.1. The number of nitrogens with zero attached hydrogens (tertiary/aromatic N) is 2. The fourth-order valence-electron chi connectivity index (χ4n) is 1.74. The second-order valence-corrected chi connectivity index (χ2v) is 4.30. The largest absolute Gasteiger partial charge is 0.437 e. The van der Waals surface area contributed by atoms with Gasteiger partial charge in [-0.15, -0.1) is 0 Å². The van der Waals surface area contributed by atoms with Crippen molar-refractivity contribution in [1.29, 1.82) is 0 Å². The van der Waals surface area contributed by atoms with Crippen LogP contribution in [0.5, 0.6) is 11.6 Å². The summed E-state index contributed by atoms with van der Waals surface area (Å²) in [6.07, 6.45) is 3.26. The molecule has 0 spiro atoms. The first-order valence-electron chi connectivity index (χ1n) is 5.85. The molecule has 2 rings (SSSR count). The fraction of sp³-hybridized carbons (Fsp3) is 0.286. The SMILES string of the molecule is CNc1cncc(Oc2cc(C)cc(C)c2C)n1. The van der Waals surface area contributed by atoms with Gasteiger partial charge in [0.05, 0.1) is 12.4 Å². The van der Waals surface area contributed by atoms with Crippen LogP contribution in [-0.4, -0.2) is 17.0 Å². The molecule has 1 aromatic carbocycles. The molecule has 0 bridgehead atoms. The fourth-order valence-corrected chi connectivity index (χ4v) is 1.74. The van der Waals surface area contributed by atoms with E-state index in [1.807, 2.05) is 13.0 Å². The van der Waals surface area contributed by atoms with Crippen molar-refractivity contribution in [2.24, 2.45) is 0 Å². The van der Waals surface area contributed by atoms with E-state index in [1.165, 1.54) is 11.1 Å². The first kappa shape index (κ1) is 12.4. The molecule has 1 heterocycles. The standard InChI is InChI=1S/C14H17N3O/c1-9-5-10(2)11(3)12(6-9)18-14-8-16-7-13(15-4)17-14/h5-8H,1-4H3,(H,15,17). The first-order chi connectivity index (χ1) is 8.60. The Labute approximate surface area is 107 Å². The smallest absolute Gasteiger partial charge is 0.239 e. The van der Waals surface area contributed by atoms with Crippen molar-refractivity contribution >= 4 is 5.82 Å². The van der Waals surface area contributed by atoms with E-state index in [9.17, 15) is 0 Å². The Morgan fingerprint density at radius 1 is 1.11 bits per heavy atom. The number of anilines is 1. The third-order valence-corrected chi connectivity index (χ3v) is 2.85. The van der Waals surface area contributed by atoms with Crippen LogP contribution in [0, 0.1) is 20.8 Å². The van der Waals surface area contributed by atoms with Crippen LogP contribution in [0.2, 0.25) is 0 Å². The minimum absolute atomic E-state index is 0.495. The quantitative estimate of drug-likeness (QED) is 0.899. The predicted octanol–water partition coefficient (Wildman–Crippen LogP) is 3.24. The molecule has 0 aliphatic heterocycles. The Morgan fingerprint density at radius 3 is 2.61 bits per heavy atom. The molecule has 0 atom stereocenters. The molecule has 4 nitrogen and oxygen atoms in total. The van der Waals surface area contributed by atoms with Crippen LogP contribution in [0.25, 0.3) is 0 Å². The summed E-state index contributed by atoms with van der Waals surface area (Å²) in [7, 11) is 1.80. The molecule has 94 valence electrons. The number of aromatic nitrogens is 2. The molecule has 0 saturated heterocycles. The zero-order valence-corrected chi connectivity index (χ0v) is 11.1. The van der Waals surface area contributed by atoms with Gasteiger partial charge in [-0.1, -0.05) is 6.07 Å². The van der Waals surface area contributed by atoms with E-state index >= 15 is 0 Å². The summed E-state index contributed by atoms with van der Waals surface area (Å²) in [5.74, 6) is 2.01. The molecule has 0 amide bonds. The number of ether oxygens (including phenoxy) is 1. The highest BCUT2D eigenvalue weighted by Crippen LogP contribution is 2.27. The van der Waals surface area contributed by atoms with Gasteiger partial charge in [-0.2, -0.15) is 4.98 Å². The van der Waals surface area contributed by atoms with Gasteiger partial charge in [0.25, 0.3) is 0 Å². The average molecular weight is 243 g/mol. The number of benzene rings is 1. The van der Waals surface area contributed by atoms with E-state index < -0.39 is 0 Å². The normalized spacial score (nSPS) is 10.2. The molecular weight excluding hydrogens is 226 g/mol. The lowest BCUT2D eigenvalue weighted by atomic mass is 10.1. The highest BCUT2D eigenvalue weighted by atomic mass is 16.5. The number of nitrogens with one attached hydrogen (secondary N) is 1. The Balaban J connectivity index is 2.33. The maximum Gasteiger partial charge on any atom is 0.239 e. The van der Waals surface area contributed by atoms with Crippen LogP contribution in [0.4, 0.5) is 5.82 Å². The van der Waals surface area contributed by atoms with Crippen molar-refractivity contribution in [3.05, 3.63) is 41.2 Å². The maximum atomic E-state index is 5.80. The summed E-state index contributed by atoms with van der Waals surface area (Å²) in [5, 5.41) is 2.94. The van der Waals surface area contributed by atoms with Crippen molar-refractivity contribution in [2.75, 3.05) is 12.4 Å². The van der Waals surface area contributed by atoms with Gasteiger partial charge in [-0.25, -0.2) is 0 Å². The lowest BCUT2D eigenvalue weighted by molar-refractivity contribution is 0.456. The van der Waals surface area contributed by atoms with Gasteiger partial charge >= 0.3 is 0 Å². The highest BCUT2D eigenvalue weighted by Gasteiger charge is 2.06. The zero-order valence-electron chi connectivity index (χ0n) is 11.1. The molecule has 1 N–H and O–H groups in total. The lowest BCUT2D eigenvalue weighted by Gasteiger charge is -2.11. The average Bonchev–Trinajstić information content (AvgIpc) is 2.35. The molecule has 0 fully saturated rings. The molecular formula is C14H17N3O. The van der Waals surface area contributed by atoms with Crippen molar-refractivity contribution in [2.45, 2.75) is 20.8 Å². The Morgan fingerprint density at radius 2 is 1.89 bits per heavy atom. The summed E-state index contributed by atoms with van der Waals surface area (Å²) in [6.45, 7) is 6.17. The van der Waals surface area contributed by atoms with Crippen LogP contribution < -0.4 is 10.1 Å². The van der Waals surface area contributed by atoms with E-state index in [2.05, 4.69) is 35.2 Å². The van der Waals surface area contributed by atoms with Crippen LogP contribution in [-0.2, 0) is 0 Å². The Bertz CT molecular complexity index is 567. The first-order valence-corrected chi connectivity index (χ1v) is 5.85. The summed E-state index contributed by atoms with van der Waals surface area (Å²) in [6, 6.07) is 4.15. The summed E-state index contributed by atoms with van der Waals surface area (Å²) < 4.78 is 5.80. The second-order valence-electron chi connectivity index (χ2n) is 4.30. The van der Waals surface area contributed by atoms with Crippen LogP contribution >= 0.6 is 0 Å². The van der Waals surface area contributed by atoms with Gasteiger partial charge in [0.15, 0.2) is 0 Å². The van der Waals surface area contributed by atoms with Gasteiger partial charge in [-0.05, 0) is 43.5 Å². The minimum Gasteiger partial charge on any atom is -0.437 e. The molecule has 4 heteroatoms. The maximum absolute atomic E-state index is 5.80. The van der Waals surface area contributed by atoms with Crippen LogP contribution in [0.3, 0.4) is 0 Å². The number of hydrogen-bond acceptors (Lipinski definition) is 4. The molecule has 0 saturated carbocycles. The van der Waals surface area contributed by atoms with E-state index in [4.69, 9.17) is 4.74 Å². The number of hydrogen-bond donors (Lipinski definition) is 1. The van der Waals surface area contributed by atoms with E-state index in [-0.39, 0.29) is 0 Å².